The molecule has 4 N–H and O–H groups in total. The molecule has 0 radical (unpaired) electrons. The van der Waals surface area contributed by atoms with E-state index in [0.717, 1.165) is 5.56 Å². The molecule has 32 heavy (non-hydrogen) atoms. The van der Waals surface area contributed by atoms with Crippen LogP contribution in [-0.2, 0) is 29.0 Å². The van der Waals surface area contributed by atoms with Gasteiger partial charge in [-0.15, -0.1) is 0 Å². The highest BCUT2D eigenvalue weighted by Crippen LogP contribution is 2.28. The van der Waals surface area contributed by atoms with Crippen molar-refractivity contribution in [1.82, 2.24) is 10.3 Å². The molecule has 2 aromatic carbocycles. The van der Waals surface area contributed by atoms with Crippen LogP contribution in [0.1, 0.15) is 22.7 Å². The number of phenolic OH excluding ortho intramolecular Hbond substituents is 1. The van der Waals surface area contributed by atoms with Crippen molar-refractivity contribution < 1.29 is 29.3 Å². The van der Waals surface area contributed by atoms with Gasteiger partial charge in [0.25, 0.3) is 11.8 Å². The number of fused-ring (bicyclic) bond motifs is 1. The minimum atomic E-state index is -1.94. The Kier molecular flexibility index (Phi) is 6.20. The Morgan fingerprint density at radius 2 is 1.84 bits per heavy atom. The molecule has 0 fully saturated rings. The zero-order valence-corrected chi connectivity index (χ0v) is 17.1. The van der Waals surface area contributed by atoms with Gasteiger partial charge in [0.1, 0.15) is 12.0 Å². The van der Waals surface area contributed by atoms with Crippen LogP contribution in [0.25, 0.3) is 0 Å². The number of aliphatic hydroxyl groups is 2. The smallest absolute Gasteiger partial charge is 0.259 e. The fourth-order valence-electron chi connectivity index (χ4n) is 3.64. The molecule has 4 rings (SSSR count). The molecule has 1 aromatic heterocycles. The average Bonchev–Trinajstić information content (AvgIpc) is 3.44. The molecule has 2 heterocycles. The van der Waals surface area contributed by atoms with Crippen LogP contribution >= 0.6 is 0 Å². The number of hydrogen-bond acceptors (Lipinski definition) is 7. The number of nitrogens with one attached hydrogen (secondary N) is 1. The number of anilines is 1. The summed E-state index contributed by atoms with van der Waals surface area (Å²) in [6, 6.07) is 14.1. The maximum Gasteiger partial charge on any atom is 0.259 e. The summed E-state index contributed by atoms with van der Waals surface area (Å²) in [7, 11) is 0. The number of benzene rings is 2. The Hall–Kier alpha value is -3.69. The Morgan fingerprint density at radius 1 is 1.09 bits per heavy atom. The topological polar surface area (TPSA) is 136 Å². The van der Waals surface area contributed by atoms with E-state index in [1.165, 1.54) is 11.2 Å². The first-order valence-electron chi connectivity index (χ1n) is 10.2. The van der Waals surface area contributed by atoms with Gasteiger partial charge in [-0.2, -0.15) is 0 Å². The third kappa shape index (κ3) is 4.48. The molecule has 3 aromatic rings. The molecule has 0 spiro atoms. The molecule has 0 saturated carbocycles. The van der Waals surface area contributed by atoms with Crippen LogP contribution in [0, 0.1) is 0 Å². The molecule has 0 bridgehead atoms. The molecule has 0 unspecified atom stereocenters. The van der Waals surface area contributed by atoms with E-state index in [1.54, 1.807) is 36.4 Å². The number of hydrogen-bond donors (Lipinski definition) is 4. The van der Waals surface area contributed by atoms with E-state index in [4.69, 9.17) is 4.42 Å². The van der Waals surface area contributed by atoms with Gasteiger partial charge in [0, 0.05) is 18.7 Å². The summed E-state index contributed by atoms with van der Waals surface area (Å²) < 4.78 is 5.31. The number of aliphatic hydroxyl groups excluding tert-OH is 2. The fraction of sp³-hybridized carbons (Fsp3) is 0.261. The van der Waals surface area contributed by atoms with Gasteiger partial charge in [-0.05, 0) is 29.7 Å². The van der Waals surface area contributed by atoms with Crippen LogP contribution in [0.15, 0.2) is 59.2 Å². The van der Waals surface area contributed by atoms with Crippen LogP contribution in [0.2, 0.25) is 0 Å². The van der Waals surface area contributed by atoms with E-state index in [9.17, 15) is 24.9 Å². The summed E-state index contributed by atoms with van der Waals surface area (Å²) in [5, 5.41) is 32.7. The van der Waals surface area contributed by atoms with Crippen molar-refractivity contribution in [3.8, 4) is 5.75 Å². The highest BCUT2D eigenvalue weighted by atomic mass is 16.4. The highest BCUT2D eigenvalue weighted by molar-refractivity contribution is 6.01. The van der Waals surface area contributed by atoms with E-state index >= 15 is 0 Å². The first-order valence-corrected chi connectivity index (χ1v) is 10.2. The lowest BCUT2D eigenvalue weighted by molar-refractivity contribution is -0.144. The van der Waals surface area contributed by atoms with E-state index in [2.05, 4.69) is 10.3 Å². The third-order valence-electron chi connectivity index (χ3n) is 5.35. The number of rotatable bonds is 7. The Balaban J connectivity index is 1.32. The monoisotopic (exact) mass is 437 g/mol. The number of carbonyl (C=O) groups excluding carboxylic acids is 2. The van der Waals surface area contributed by atoms with Gasteiger partial charge in [-0.25, -0.2) is 4.98 Å². The van der Waals surface area contributed by atoms with E-state index in [1.807, 2.05) is 12.1 Å². The van der Waals surface area contributed by atoms with Crippen molar-refractivity contribution in [2.45, 2.75) is 31.6 Å². The van der Waals surface area contributed by atoms with Gasteiger partial charge in [0.05, 0.1) is 12.2 Å². The second-order valence-electron chi connectivity index (χ2n) is 7.51. The minimum Gasteiger partial charge on any atom is -0.508 e. The van der Waals surface area contributed by atoms with Crippen molar-refractivity contribution in [3.05, 3.63) is 77.5 Å². The highest BCUT2D eigenvalue weighted by Gasteiger charge is 2.36. The predicted octanol–water partition coefficient (Wildman–Crippen LogP) is 0.898. The summed E-state index contributed by atoms with van der Waals surface area (Å²) in [4.78, 5) is 30.5. The van der Waals surface area contributed by atoms with Crippen molar-refractivity contribution in [2.75, 3.05) is 11.4 Å². The second-order valence-corrected chi connectivity index (χ2v) is 7.51. The maximum atomic E-state index is 12.6. The molecule has 1 aliphatic heterocycles. The lowest BCUT2D eigenvalue weighted by Gasteiger charge is -2.23. The Morgan fingerprint density at radius 3 is 2.66 bits per heavy atom. The number of phenols is 1. The number of aromatic hydroxyl groups is 1. The number of amides is 2. The van der Waals surface area contributed by atoms with Crippen molar-refractivity contribution in [2.24, 2.45) is 0 Å². The first kappa shape index (κ1) is 21.5. The molecular formula is C23H23N3O6. The SMILES string of the molecule is O=C(NCc1nc(Cc2ccccc2O)co1)[C@H](O)[C@@H](O)C(=O)N1CCc2ccccc21. The molecule has 9 heteroatoms. The van der Waals surface area contributed by atoms with E-state index in [-0.39, 0.29) is 18.2 Å². The average molecular weight is 437 g/mol. The largest absolute Gasteiger partial charge is 0.508 e. The van der Waals surface area contributed by atoms with E-state index < -0.39 is 24.0 Å². The van der Waals surface area contributed by atoms with Gasteiger partial charge in [0.15, 0.2) is 12.2 Å². The third-order valence-corrected chi connectivity index (χ3v) is 5.35. The Labute approximate surface area is 183 Å². The van der Waals surface area contributed by atoms with Crippen molar-refractivity contribution in [3.63, 3.8) is 0 Å². The van der Waals surface area contributed by atoms with Crippen LogP contribution in [0.5, 0.6) is 5.75 Å². The molecule has 2 amide bonds. The zero-order valence-electron chi connectivity index (χ0n) is 17.1. The lowest BCUT2D eigenvalue weighted by atomic mass is 10.1. The van der Waals surface area contributed by atoms with Gasteiger partial charge >= 0.3 is 0 Å². The summed E-state index contributed by atoms with van der Waals surface area (Å²) in [5.74, 6) is -1.32. The van der Waals surface area contributed by atoms with Crippen LogP contribution in [0.4, 0.5) is 5.69 Å². The normalized spacial score (nSPS) is 14.6. The number of aromatic nitrogens is 1. The molecule has 2 atom stereocenters. The zero-order chi connectivity index (χ0) is 22.7. The van der Waals surface area contributed by atoms with Gasteiger partial charge in [-0.3, -0.25) is 9.59 Å². The van der Waals surface area contributed by atoms with Crippen LogP contribution in [-0.4, -0.2) is 50.9 Å². The fourth-order valence-corrected chi connectivity index (χ4v) is 3.64. The predicted molar refractivity (Wildman–Crippen MR) is 114 cm³/mol. The van der Waals surface area contributed by atoms with Gasteiger partial charge in [0.2, 0.25) is 5.89 Å². The van der Waals surface area contributed by atoms with Gasteiger partial charge < -0.3 is 30.0 Å². The molecule has 0 saturated heterocycles. The maximum absolute atomic E-state index is 12.6. The van der Waals surface area contributed by atoms with Crippen molar-refractivity contribution >= 4 is 17.5 Å². The summed E-state index contributed by atoms with van der Waals surface area (Å²) >= 11 is 0. The first-order chi connectivity index (χ1) is 15.4. The second kappa shape index (κ2) is 9.21. The number of carbonyl (C=O) groups is 2. The van der Waals surface area contributed by atoms with Crippen molar-refractivity contribution in [1.29, 1.82) is 0 Å². The summed E-state index contributed by atoms with van der Waals surface area (Å²) in [6.45, 7) is 0.240. The van der Waals surface area contributed by atoms with Crippen LogP contribution in [0.3, 0.4) is 0 Å². The Bertz CT molecular complexity index is 1130. The van der Waals surface area contributed by atoms with Crippen LogP contribution < -0.4 is 10.2 Å². The van der Waals surface area contributed by atoms with Gasteiger partial charge in [-0.1, -0.05) is 36.4 Å². The number of nitrogens with zero attached hydrogens (tertiary/aromatic N) is 2. The molecule has 1 aliphatic rings. The summed E-state index contributed by atoms with van der Waals surface area (Å²) in [6.07, 6.45) is -1.44. The molecule has 0 aliphatic carbocycles. The quantitative estimate of drug-likeness (QED) is 0.431. The molecular weight excluding hydrogens is 414 g/mol. The standard InChI is InChI=1S/C23H23N3O6/c27-18-8-4-2-6-15(18)11-16-13-32-19(25-16)12-24-22(30)20(28)21(29)23(31)26-10-9-14-5-1-3-7-17(14)26/h1-8,13,20-21,27-29H,9-12H2,(H,24,30)/t20-,21-/m1/s1. The minimum absolute atomic E-state index is 0.135. The molecule has 9 nitrogen and oxygen atoms in total. The molecule has 166 valence electrons. The lowest BCUT2D eigenvalue weighted by Crippen LogP contribution is -2.50. The van der Waals surface area contributed by atoms with E-state index in [0.29, 0.717) is 36.3 Å². The number of para-hydroxylation sites is 2. The number of oxazole rings is 1. The summed E-state index contributed by atoms with van der Waals surface area (Å²) in [5.41, 5.74) is 2.87.